The molecule has 3 heterocycles. The van der Waals surface area contributed by atoms with E-state index in [4.69, 9.17) is 4.52 Å². The molecule has 0 unspecified atom stereocenters. The lowest BCUT2D eigenvalue weighted by molar-refractivity contribution is 0.188. The molecule has 8 nitrogen and oxygen atoms in total. The van der Waals surface area contributed by atoms with Gasteiger partial charge in [0.15, 0.2) is 5.76 Å². The van der Waals surface area contributed by atoms with E-state index in [0.717, 1.165) is 0 Å². The van der Waals surface area contributed by atoms with Crippen LogP contribution in [0.1, 0.15) is 17.5 Å². The van der Waals surface area contributed by atoms with Crippen molar-refractivity contribution in [1.82, 2.24) is 24.5 Å². The van der Waals surface area contributed by atoms with Crippen LogP contribution in [0.4, 0.5) is 0 Å². The molecular weight excluding hydrogens is 270 g/mol. The second-order valence-corrected chi connectivity index (χ2v) is 6.39. The molecule has 1 saturated heterocycles. The quantitative estimate of drug-likeness (QED) is 0.794. The van der Waals surface area contributed by atoms with E-state index < -0.39 is 10.0 Å². The Hall–Kier alpha value is -1.74. The zero-order valence-electron chi connectivity index (χ0n) is 10.5. The van der Waals surface area contributed by atoms with Gasteiger partial charge in [0.2, 0.25) is 10.0 Å². The maximum Gasteiger partial charge on any atom is 0.248 e. The highest BCUT2D eigenvalue weighted by atomic mass is 32.2. The van der Waals surface area contributed by atoms with Crippen molar-refractivity contribution in [3.05, 3.63) is 23.8 Å². The SMILES string of the molecule is Cc1noc(C)c1S(=O)(=O)N1CC(n2ccnn2)C1. The van der Waals surface area contributed by atoms with Gasteiger partial charge in [-0.15, -0.1) is 5.10 Å². The fourth-order valence-electron chi connectivity index (χ4n) is 2.16. The first-order valence-corrected chi connectivity index (χ1v) is 7.23. The highest BCUT2D eigenvalue weighted by Gasteiger charge is 2.40. The molecule has 0 saturated carbocycles. The summed E-state index contributed by atoms with van der Waals surface area (Å²) in [6.07, 6.45) is 3.30. The zero-order chi connectivity index (χ0) is 13.6. The van der Waals surface area contributed by atoms with Gasteiger partial charge in [-0.3, -0.25) is 0 Å². The summed E-state index contributed by atoms with van der Waals surface area (Å²) in [6.45, 7) is 3.99. The topological polar surface area (TPSA) is 94.1 Å². The van der Waals surface area contributed by atoms with Gasteiger partial charge in [0.05, 0.1) is 12.2 Å². The van der Waals surface area contributed by atoms with E-state index in [1.807, 2.05) is 0 Å². The standard InChI is InChI=1S/C10H13N5O3S/c1-7-10(8(2)18-12-7)19(16,17)14-5-9(6-14)15-4-3-11-13-15/h3-4,9H,5-6H2,1-2H3. The van der Waals surface area contributed by atoms with Crippen molar-refractivity contribution < 1.29 is 12.9 Å². The van der Waals surface area contributed by atoms with Gasteiger partial charge < -0.3 is 4.52 Å². The summed E-state index contributed by atoms with van der Waals surface area (Å²) < 4.78 is 32.8. The van der Waals surface area contributed by atoms with E-state index in [0.29, 0.717) is 24.5 Å². The Bertz CT molecular complexity index is 665. The molecule has 0 bridgehead atoms. The van der Waals surface area contributed by atoms with Crippen LogP contribution in [0.25, 0.3) is 0 Å². The van der Waals surface area contributed by atoms with E-state index in [9.17, 15) is 8.42 Å². The van der Waals surface area contributed by atoms with Crippen LogP contribution in [0.5, 0.6) is 0 Å². The number of nitrogens with zero attached hydrogens (tertiary/aromatic N) is 5. The molecule has 102 valence electrons. The maximum atomic E-state index is 12.4. The van der Waals surface area contributed by atoms with Gasteiger partial charge in [-0.25, -0.2) is 13.1 Å². The lowest BCUT2D eigenvalue weighted by atomic mass is 10.2. The third-order valence-corrected chi connectivity index (χ3v) is 5.29. The van der Waals surface area contributed by atoms with Crippen molar-refractivity contribution in [2.45, 2.75) is 24.8 Å². The van der Waals surface area contributed by atoms with Gasteiger partial charge in [0.1, 0.15) is 10.6 Å². The largest absolute Gasteiger partial charge is 0.360 e. The minimum atomic E-state index is -3.53. The minimum Gasteiger partial charge on any atom is -0.360 e. The number of hydrogen-bond acceptors (Lipinski definition) is 6. The fourth-order valence-corrected chi connectivity index (χ4v) is 3.97. The van der Waals surface area contributed by atoms with Crippen LogP contribution >= 0.6 is 0 Å². The van der Waals surface area contributed by atoms with E-state index in [-0.39, 0.29) is 10.9 Å². The van der Waals surface area contributed by atoms with Crippen molar-refractivity contribution in [2.75, 3.05) is 13.1 Å². The second-order valence-electron chi connectivity index (χ2n) is 4.51. The minimum absolute atomic E-state index is 0.0396. The second kappa shape index (κ2) is 4.14. The van der Waals surface area contributed by atoms with Gasteiger partial charge in [-0.2, -0.15) is 4.31 Å². The first-order chi connectivity index (χ1) is 9.00. The molecule has 0 aromatic carbocycles. The highest BCUT2D eigenvalue weighted by molar-refractivity contribution is 7.89. The first-order valence-electron chi connectivity index (χ1n) is 5.79. The fraction of sp³-hybridized carbons (Fsp3) is 0.500. The molecule has 0 aliphatic carbocycles. The summed E-state index contributed by atoms with van der Waals surface area (Å²) >= 11 is 0. The molecule has 2 aromatic heterocycles. The smallest absolute Gasteiger partial charge is 0.248 e. The van der Waals surface area contributed by atoms with E-state index >= 15 is 0 Å². The Kier molecular flexibility index (Phi) is 2.68. The van der Waals surface area contributed by atoms with Gasteiger partial charge in [0.25, 0.3) is 0 Å². The average Bonchev–Trinajstić information content (AvgIpc) is 2.86. The molecule has 1 aliphatic rings. The predicted octanol–water partition coefficient (Wildman–Crippen LogP) is 0.129. The van der Waals surface area contributed by atoms with Crippen LogP contribution < -0.4 is 0 Å². The molecule has 9 heteroatoms. The van der Waals surface area contributed by atoms with Crippen molar-refractivity contribution in [3.63, 3.8) is 0 Å². The molecule has 0 N–H and O–H groups in total. The number of sulfonamides is 1. The van der Waals surface area contributed by atoms with Gasteiger partial charge in [-0.1, -0.05) is 10.4 Å². The predicted molar refractivity (Wildman–Crippen MR) is 63.8 cm³/mol. The van der Waals surface area contributed by atoms with Crippen molar-refractivity contribution in [3.8, 4) is 0 Å². The van der Waals surface area contributed by atoms with Crippen molar-refractivity contribution in [1.29, 1.82) is 0 Å². The molecule has 2 aromatic rings. The summed E-state index contributed by atoms with van der Waals surface area (Å²) in [5.41, 5.74) is 0.390. The third-order valence-electron chi connectivity index (χ3n) is 3.21. The highest BCUT2D eigenvalue weighted by Crippen LogP contribution is 2.30. The van der Waals surface area contributed by atoms with E-state index in [2.05, 4.69) is 15.5 Å². The maximum absolute atomic E-state index is 12.4. The van der Waals surface area contributed by atoms with Gasteiger partial charge in [0, 0.05) is 19.3 Å². The number of hydrogen-bond donors (Lipinski definition) is 0. The Labute approximate surface area is 110 Å². The van der Waals surface area contributed by atoms with Crippen LogP contribution in [-0.4, -0.2) is 46.0 Å². The van der Waals surface area contributed by atoms with Crippen molar-refractivity contribution >= 4 is 10.0 Å². The zero-order valence-corrected chi connectivity index (χ0v) is 11.3. The summed E-state index contributed by atoms with van der Waals surface area (Å²) in [7, 11) is -3.53. The Morgan fingerprint density at radius 1 is 1.37 bits per heavy atom. The Morgan fingerprint density at radius 2 is 2.11 bits per heavy atom. The molecule has 3 rings (SSSR count). The first kappa shape index (κ1) is 12.3. The van der Waals surface area contributed by atoms with Crippen LogP contribution in [-0.2, 0) is 10.0 Å². The van der Waals surface area contributed by atoms with E-state index in [1.165, 1.54) is 4.31 Å². The summed E-state index contributed by atoms with van der Waals surface area (Å²) in [4.78, 5) is 0.171. The normalized spacial score (nSPS) is 17.6. The summed E-state index contributed by atoms with van der Waals surface area (Å²) in [5.74, 6) is 0.321. The van der Waals surface area contributed by atoms with Crippen LogP contribution in [0, 0.1) is 13.8 Å². The van der Waals surface area contributed by atoms with Crippen LogP contribution in [0.3, 0.4) is 0 Å². The lowest BCUT2D eigenvalue weighted by Gasteiger charge is -2.37. The number of aromatic nitrogens is 4. The molecule has 0 atom stereocenters. The van der Waals surface area contributed by atoms with Crippen molar-refractivity contribution in [2.24, 2.45) is 0 Å². The molecule has 19 heavy (non-hydrogen) atoms. The molecule has 0 radical (unpaired) electrons. The number of aryl methyl sites for hydroxylation is 2. The lowest BCUT2D eigenvalue weighted by Crippen LogP contribution is -2.50. The van der Waals surface area contributed by atoms with E-state index in [1.54, 1.807) is 30.9 Å². The molecule has 1 aliphatic heterocycles. The Balaban J connectivity index is 1.81. The van der Waals surface area contributed by atoms with Gasteiger partial charge >= 0.3 is 0 Å². The Morgan fingerprint density at radius 3 is 2.63 bits per heavy atom. The average molecular weight is 283 g/mol. The van der Waals surface area contributed by atoms with Crippen LogP contribution in [0.15, 0.2) is 21.8 Å². The molecule has 0 amide bonds. The van der Waals surface area contributed by atoms with Gasteiger partial charge in [-0.05, 0) is 13.8 Å². The third kappa shape index (κ3) is 1.85. The molecule has 0 spiro atoms. The van der Waals surface area contributed by atoms with Crippen LogP contribution in [0.2, 0.25) is 0 Å². The molecular formula is C10H13N5O3S. The molecule has 1 fully saturated rings. The number of rotatable bonds is 3. The summed E-state index contributed by atoms with van der Waals surface area (Å²) in [5, 5.41) is 11.3. The monoisotopic (exact) mass is 283 g/mol. The summed E-state index contributed by atoms with van der Waals surface area (Å²) in [6, 6.07) is 0.0396.